The summed E-state index contributed by atoms with van der Waals surface area (Å²) in [4.78, 5) is 36.2. The molecule has 2 rings (SSSR count). The van der Waals surface area contributed by atoms with Crippen LogP contribution in [0.5, 0.6) is 0 Å². The zero-order chi connectivity index (χ0) is 17.4. The Kier molecular flexibility index (Phi) is 7.02. The van der Waals surface area contributed by atoms with Crippen LogP contribution in [-0.2, 0) is 20.1 Å². The van der Waals surface area contributed by atoms with Crippen molar-refractivity contribution < 1.29 is 19.1 Å². The number of amides is 1. The summed E-state index contributed by atoms with van der Waals surface area (Å²) in [7, 11) is 0. The van der Waals surface area contributed by atoms with E-state index in [1.807, 2.05) is 17.5 Å². The molecule has 0 atom stereocenters. The van der Waals surface area contributed by atoms with Gasteiger partial charge in [-0.1, -0.05) is 18.2 Å². The molecule has 1 amide bonds. The third kappa shape index (κ3) is 5.82. The van der Waals surface area contributed by atoms with E-state index in [9.17, 15) is 14.4 Å². The fraction of sp³-hybridized carbons (Fsp3) is 0.235. The van der Waals surface area contributed by atoms with Crippen molar-refractivity contribution in [1.82, 2.24) is 0 Å². The van der Waals surface area contributed by atoms with E-state index >= 15 is 0 Å². The fourth-order valence-electron chi connectivity index (χ4n) is 1.90. The molecule has 1 aromatic heterocycles. The maximum absolute atomic E-state index is 11.8. The molecule has 0 aliphatic heterocycles. The second-order valence-corrected chi connectivity index (χ2v) is 6.90. The van der Waals surface area contributed by atoms with Crippen LogP contribution < -0.4 is 5.32 Å². The first kappa shape index (κ1) is 18.2. The molecule has 0 saturated carbocycles. The Morgan fingerprint density at radius 2 is 1.96 bits per heavy atom. The van der Waals surface area contributed by atoms with E-state index in [2.05, 4.69) is 5.32 Å². The number of para-hydroxylation sites is 1. The summed E-state index contributed by atoms with van der Waals surface area (Å²) in [5.74, 6) is -0.125. The highest BCUT2D eigenvalue weighted by Crippen LogP contribution is 2.17. The molecular formula is C17H17NO4S2. The average Bonchev–Trinajstić information content (AvgIpc) is 3.06. The zero-order valence-corrected chi connectivity index (χ0v) is 14.7. The van der Waals surface area contributed by atoms with Gasteiger partial charge >= 0.3 is 5.97 Å². The first-order valence-corrected chi connectivity index (χ1v) is 9.25. The molecule has 1 N–H and O–H groups in total. The number of anilines is 1. The zero-order valence-electron chi connectivity index (χ0n) is 13.1. The van der Waals surface area contributed by atoms with Crippen LogP contribution in [0.1, 0.15) is 22.2 Å². The second-order valence-electron chi connectivity index (χ2n) is 4.88. The van der Waals surface area contributed by atoms with Crippen LogP contribution in [0.25, 0.3) is 0 Å². The number of carbonyl (C=O) groups excluding carboxylic acids is 3. The Bertz CT molecular complexity index is 713. The number of ketones is 1. The second kappa shape index (κ2) is 9.24. The van der Waals surface area contributed by atoms with Crippen LogP contribution >= 0.6 is 23.1 Å². The van der Waals surface area contributed by atoms with Gasteiger partial charge in [-0.25, -0.2) is 0 Å². The van der Waals surface area contributed by atoms with Gasteiger partial charge in [0.15, 0.2) is 12.4 Å². The Labute approximate surface area is 148 Å². The molecule has 24 heavy (non-hydrogen) atoms. The highest BCUT2D eigenvalue weighted by atomic mass is 32.2. The molecule has 0 radical (unpaired) electrons. The summed E-state index contributed by atoms with van der Waals surface area (Å²) in [5.41, 5.74) is 0.835. The van der Waals surface area contributed by atoms with E-state index in [-0.39, 0.29) is 18.1 Å². The number of esters is 1. The van der Waals surface area contributed by atoms with Crippen LogP contribution in [-0.4, -0.2) is 30.0 Å². The van der Waals surface area contributed by atoms with Crippen LogP contribution in [0, 0.1) is 0 Å². The Morgan fingerprint density at radius 1 is 1.17 bits per heavy atom. The fourth-order valence-corrected chi connectivity index (χ4v) is 3.56. The molecule has 5 nitrogen and oxygen atoms in total. The Morgan fingerprint density at radius 3 is 2.67 bits per heavy atom. The quantitative estimate of drug-likeness (QED) is 0.575. The van der Waals surface area contributed by atoms with Gasteiger partial charge in [-0.15, -0.1) is 23.1 Å². The van der Waals surface area contributed by atoms with Gasteiger partial charge in [0.05, 0.1) is 11.4 Å². The van der Waals surface area contributed by atoms with E-state index in [0.29, 0.717) is 11.3 Å². The van der Waals surface area contributed by atoms with Crippen molar-refractivity contribution in [1.29, 1.82) is 0 Å². The maximum Gasteiger partial charge on any atom is 0.316 e. The van der Waals surface area contributed by atoms with Gasteiger partial charge in [-0.05, 0) is 30.5 Å². The molecular weight excluding hydrogens is 346 g/mol. The Hall–Kier alpha value is -2.12. The number of ether oxygens (including phenoxy) is 1. The van der Waals surface area contributed by atoms with E-state index in [1.54, 1.807) is 35.6 Å². The van der Waals surface area contributed by atoms with Crippen molar-refractivity contribution in [3.05, 3.63) is 52.2 Å². The first-order chi connectivity index (χ1) is 11.6. The van der Waals surface area contributed by atoms with Crippen molar-refractivity contribution in [3.8, 4) is 0 Å². The van der Waals surface area contributed by atoms with Gasteiger partial charge in [0.25, 0.3) is 5.91 Å². The minimum Gasteiger partial charge on any atom is -0.455 e. The molecule has 0 saturated heterocycles. The number of nitrogens with one attached hydrogen (secondary N) is 1. The molecule has 0 spiro atoms. The number of hydrogen-bond acceptors (Lipinski definition) is 6. The molecule has 1 aromatic carbocycles. The number of thioether (sulfide) groups is 1. The summed E-state index contributed by atoms with van der Waals surface area (Å²) >= 11 is 3.07. The lowest BCUT2D eigenvalue weighted by Gasteiger charge is -2.09. The average molecular weight is 363 g/mol. The highest BCUT2D eigenvalue weighted by molar-refractivity contribution is 7.99. The molecule has 0 unspecified atom stereocenters. The Balaban J connectivity index is 1.73. The SMILES string of the molecule is CC(=O)c1ccccc1NC(=O)COC(=O)CSCc1cccs1. The minimum absolute atomic E-state index is 0.145. The van der Waals surface area contributed by atoms with Crippen LogP contribution in [0.15, 0.2) is 41.8 Å². The largest absolute Gasteiger partial charge is 0.455 e. The lowest BCUT2D eigenvalue weighted by molar-refractivity contribution is -0.144. The number of hydrogen-bond donors (Lipinski definition) is 1. The van der Waals surface area contributed by atoms with Crippen LogP contribution in [0.3, 0.4) is 0 Å². The highest BCUT2D eigenvalue weighted by Gasteiger charge is 2.12. The van der Waals surface area contributed by atoms with Crippen molar-refractivity contribution in [2.45, 2.75) is 12.7 Å². The van der Waals surface area contributed by atoms with Gasteiger partial charge in [-0.2, -0.15) is 0 Å². The predicted octanol–water partition coefficient (Wildman–Crippen LogP) is 3.37. The summed E-state index contributed by atoms with van der Waals surface area (Å²) in [5, 5.41) is 4.57. The third-order valence-electron chi connectivity index (χ3n) is 2.99. The molecule has 1 heterocycles. The van der Waals surface area contributed by atoms with Gasteiger partial charge in [0.2, 0.25) is 0 Å². The molecule has 7 heteroatoms. The first-order valence-electron chi connectivity index (χ1n) is 7.22. The van der Waals surface area contributed by atoms with Gasteiger partial charge in [0, 0.05) is 16.2 Å². The molecule has 0 bridgehead atoms. The number of Topliss-reactive ketones (excluding diaryl/α,β-unsaturated/α-hetero) is 1. The molecule has 0 aliphatic rings. The molecule has 126 valence electrons. The number of rotatable bonds is 8. The third-order valence-corrected chi connectivity index (χ3v) is 5.00. The van der Waals surface area contributed by atoms with Gasteiger partial charge in [-0.3, -0.25) is 14.4 Å². The summed E-state index contributed by atoms with van der Waals surface area (Å²) in [6, 6.07) is 10.7. The molecule has 2 aromatic rings. The minimum atomic E-state index is -0.472. The lowest BCUT2D eigenvalue weighted by atomic mass is 10.1. The smallest absolute Gasteiger partial charge is 0.316 e. The monoisotopic (exact) mass is 363 g/mol. The van der Waals surface area contributed by atoms with E-state index in [0.717, 1.165) is 5.75 Å². The van der Waals surface area contributed by atoms with E-state index in [4.69, 9.17) is 4.74 Å². The topological polar surface area (TPSA) is 72.5 Å². The molecule has 0 aliphatic carbocycles. The predicted molar refractivity (Wildman–Crippen MR) is 96.5 cm³/mol. The van der Waals surface area contributed by atoms with Crippen molar-refractivity contribution >= 4 is 46.4 Å². The number of benzene rings is 1. The summed E-state index contributed by atoms with van der Waals surface area (Å²) in [6.07, 6.45) is 0. The normalized spacial score (nSPS) is 10.2. The van der Waals surface area contributed by atoms with E-state index < -0.39 is 11.9 Å². The standard InChI is InChI=1S/C17H17NO4S2/c1-12(19)14-6-2-3-7-15(14)18-16(20)9-22-17(21)11-23-10-13-5-4-8-24-13/h2-8H,9-11H2,1H3,(H,18,20). The van der Waals surface area contributed by atoms with Crippen LogP contribution in [0.2, 0.25) is 0 Å². The maximum atomic E-state index is 11.8. The summed E-state index contributed by atoms with van der Waals surface area (Å²) in [6.45, 7) is 1.06. The number of thiophene rings is 1. The van der Waals surface area contributed by atoms with Crippen molar-refractivity contribution in [2.75, 3.05) is 17.7 Å². The van der Waals surface area contributed by atoms with E-state index in [1.165, 1.54) is 23.6 Å². The van der Waals surface area contributed by atoms with Gasteiger partial charge < -0.3 is 10.1 Å². The van der Waals surface area contributed by atoms with Gasteiger partial charge in [0.1, 0.15) is 0 Å². The van der Waals surface area contributed by atoms with Crippen LogP contribution in [0.4, 0.5) is 5.69 Å². The number of carbonyl (C=O) groups is 3. The van der Waals surface area contributed by atoms with Crippen molar-refractivity contribution in [2.24, 2.45) is 0 Å². The lowest BCUT2D eigenvalue weighted by Crippen LogP contribution is -2.22. The molecule has 0 fully saturated rings. The van der Waals surface area contributed by atoms with Crippen molar-refractivity contribution in [3.63, 3.8) is 0 Å². The summed E-state index contributed by atoms with van der Waals surface area (Å²) < 4.78 is 4.94.